The summed E-state index contributed by atoms with van der Waals surface area (Å²) in [4.78, 5) is 26.2. The smallest absolute Gasteiger partial charge is 0.329 e. The van der Waals surface area contributed by atoms with E-state index in [9.17, 15) is 9.59 Å². The number of nitrogens with zero attached hydrogens (tertiary/aromatic N) is 1. The highest BCUT2D eigenvalue weighted by Crippen LogP contribution is 2.24. The molecule has 0 spiro atoms. The Morgan fingerprint density at radius 2 is 1.80 bits per heavy atom. The molecule has 25 heavy (non-hydrogen) atoms. The Morgan fingerprint density at radius 3 is 2.48 bits per heavy atom. The van der Waals surface area contributed by atoms with Crippen LogP contribution in [0.25, 0.3) is 0 Å². The second-order valence-corrected chi connectivity index (χ2v) is 6.02. The monoisotopic (exact) mass is 339 g/mol. The molecular weight excluding hydrogens is 318 g/mol. The summed E-state index contributed by atoms with van der Waals surface area (Å²) in [6.45, 7) is 0.620. The average molecular weight is 339 g/mol. The fraction of sp³-hybridized carbons (Fsp3) is 0.300. The summed E-state index contributed by atoms with van der Waals surface area (Å²) in [7, 11) is 1.61. The lowest BCUT2D eigenvalue weighted by Gasteiger charge is -2.23. The van der Waals surface area contributed by atoms with E-state index in [2.05, 4.69) is 0 Å². The van der Waals surface area contributed by atoms with Crippen molar-refractivity contribution in [1.82, 2.24) is 4.90 Å². The van der Waals surface area contributed by atoms with Crippen molar-refractivity contribution in [3.8, 4) is 5.75 Å². The molecule has 0 saturated carbocycles. The number of benzene rings is 2. The van der Waals surface area contributed by atoms with Crippen LogP contribution in [0.1, 0.15) is 24.0 Å². The molecule has 0 N–H and O–H groups in total. The maximum absolute atomic E-state index is 12.4. The van der Waals surface area contributed by atoms with Crippen LogP contribution >= 0.6 is 0 Å². The summed E-state index contributed by atoms with van der Waals surface area (Å²) in [5.74, 6) is 0.399. The van der Waals surface area contributed by atoms with Crippen LogP contribution in [0.5, 0.6) is 5.75 Å². The fourth-order valence-electron chi connectivity index (χ4n) is 2.93. The third kappa shape index (κ3) is 4.18. The third-order valence-electron chi connectivity index (χ3n) is 4.34. The Kier molecular flexibility index (Phi) is 5.33. The van der Waals surface area contributed by atoms with Gasteiger partial charge in [0.15, 0.2) is 0 Å². The number of rotatable bonds is 6. The molecule has 0 aromatic heterocycles. The van der Waals surface area contributed by atoms with Crippen molar-refractivity contribution < 1.29 is 19.1 Å². The molecule has 0 radical (unpaired) electrons. The van der Waals surface area contributed by atoms with Crippen molar-refractivity contribution in [2.24, 2.45) is 0 Å². The van der Waals surface area contributed by atoms with E-state index in [0.29, 0.717) is 19.4 Å². The number of amides is 1. The number of carbonyl (C=O) groups excluding carboxylic acids is 2. The molecule has 5 nitrogen and oxygen atoms in total. The van der Waals surface area contributed by atoms with E-state index in [1.807, 2.05) is 54.6 Å². The summed E-state index contributed by atoms with van der Waals surface area (Å²) in [6, 6.07) is 16.5. The highest BCUT2D eigenvalue weighted by atomic mass is 16.5. The highest BCUT2D eigenvalue weighted by Gasteiger charge is 2.37. The van der Waals surface area contributed by atoms with Crippen molar-refractivity contribution in [1.29, 1.82) is 0 Å². The van der Waals surface area contributed by atoms with Crippen LogP contribution < -0.4 is 4.74 Å². The van der Waals surface area contributed by atoms with Gasteiger partial charge in [-0.1, -0.05) is 42.5 Å². The molecule has 0 bridgehead atoms. The molecule has 3 rings (SSSR count). The number of methoxy groups -OCH3 is 1. The topological polar surface area (TPSA) is 55.8 Å². The van der Waals surface area contributed by atoms with Gasteiger partial charge in [0.25, 0.3) is 0 Å². The van der Waals surface area contributed by atoms with E-state index in [0.717, 1.165) is 16.9 Å². The maximum atomic E-state index is 12.4. The van der Waals surface area contributed by atoms with Gasteiger partial charge >= 0.3 is 5.97 Å². The van der Waals surface area contributed by atoms with E-state index < -0.39 is 6.04 Å². The Morgan fingerprint density at radius 1 is 1.08 bits per heavy atom. The zero-order valence-corrected chi connectivity index (χ0v) is 14.2. The number of ether oxygens (including phenoxy) is 2. The average Bonchev–Trinajstić information content (AvgIpc) is 3.02. The van der Waals surface area contributed by atoms with Crippen molar-refractivity contribution in [3.63, 3.8) is 0 Å². The lowest BCUT2D eigenvalue weighted by atomic mass is 10.1. The summed E-state index contributed by atoms with van der Waals surface area (Å²) in [6.07, 6.45) is 0.879. The van der Waals surface area contributed by atoms with E-state index >= 15 is 0 Å². The van der Waals surface area contributed by atoms with Gasteiger partial charge in [-0.25, -0.2) is 4.79 Å². The summed E-state index contributed by atoms with van der Waals surface area (Å²) in [5.41, 5.74) is 1.89. The second-order valence-electron chi connectivity index (χ2n) is 6.02. The van der Waals surface area contributed by atoms with Crippen molar-refractivity contribution in [2.45, 2.75) is 32.0 Å². The van der Waals surface area contributed by atoms with Crippen molar-refractivity contribution in [2.75, 3.05) is 7.11 Å². The fourth-order valence-corrected chi connectivity index (χ4v) is 2.93. The molecule has 1 atom stereocenters. The predicted molar refractivity (Wildman–Crippen MR) is 92.8 cm³/mol. The lowest BCUT2D eigenvalue weighted by molar-refractivity contribution is -0.153. The van der Waals surface area contributed by atoms with Gasteiger partial charge in [-0.15, -0.1) is 0 Å². The van der Waals surface area contributed by atoms with Crippen LogP contribution in [-0.4, -0.2) is 29.9 Å². The van der Waals surface area contributed by atoms with E-state index in [4.69, 9.17) is 9.47 Å². The largest absolute Gasteiger partial charge is 0.497 e. The predicted octanol–water partition coefficient (Wildman–Crippen LogP) is 2.93. The molecule has 1 fully saturated rings. The van der Waals surface area contributed by atoms with Gasteiger partial charge in [0, 0.05) is 13.0 Å². The minimum atomic E-state index is -0.515. The Balaban J connectivity index is 1.63. The summed E-state index contributed by atoms with van der Waals surface area (Å²) >= 11 is 0. The molecule has 1 aliphatic heterocycles. The first kappa shape index (κ1) is 17.0. The van der Waals surface area contributed by atoms with Crippen LogP contribution in [0.15, 0.2) is 54.6 Å². The quantitative estimate of drug-likeness (QED) is 0.760. The van der Waals surface area contributed by atoms with E-state index in [1.165, 1.54) is 0 Å². The molecule has 1 heterocycles. The zero-order chi connectivity index (χ0) is 17.6. The maximum Gasteiger partial charge on any atom is 0.329 e. The van der Waals surface area contributed by atoms with E-state index in [-0.39, 0.29) is 18.5 Å². The van der Waals surface area contributed by atoms with Crippen LogP contribution in [0.3, 0.4) is 0 Å². The molecule has 0 unspecified atom stereocenters. The minimum absolute atomic E-state index is 0.0162. The molecule has 0 aliphatic carbocycles. The van der Waals surface area contributed by atoms with Crippen molar-refractivity contribution >= 4 is 11.9 Å². The van der Waals surface area contributed by atoms with Crippen LogP contribution in [0.2, 0.25) is 0 Å². The highest BCUT2D eigenvalue weighted by molar-refractivity contribution is 5.88. The van der Waals surface area contributed by atoms with Gasteiger partial charge in [0.05, 0.1) is 7.11 Å². The summed E-state index contributed by atoms with van der Waals surface area (Å²) < 4.78 is 10.6. The molecule has 5 heteroatoms. The van der Waals surface area contributed by atoms with Gasteiger partial charge in [-0.3, -0.25) is 4.79 Å². The summed E-state index contributed by atoms with van der Waals surface area (Å²) in [5, 5.41) is 0. The van der Waals surface area contributed by atoms with Gasteiger partial charge in [-0.2, -0.15) is 0 Å². The number of carbonyl (C=O) groups is 2. The van der Waals surface area contributed by atoms with Gasteiger partial charge in [0.1, 0.15) is 18.4 Å². The first-order valence-electron chi connectivity index (χ1n) is 8.30. The van der Waals surface area contributed by atoms with Crippen LogP contribution in [0, 0.1) is 0 Å². The SMILES string of the molecule is COc1ccc(CN2C(=O)CC[C@H]2C(=O)OCc2ccccc2)cc1. The van der Waals surface area contributed by atoms with Crippen molar-refractivity contribution in [3.05, 3.63) is 65.7 Å². The first-order chi connectivity index (χ1) is 12.2. The Bertz CT molecular complexity index is 727. The first-order valence-corrected chi connectivity index (χ1v) is 8.30. The van der Waals surface area contributed by atoms with E-state index in [1.54, 1.807) is 12.0 Å². The van der Waals surface area contributed by atoms with Gasteiger partial charge in [0.2, 0.25) is 5.91 Å². The van der Waals surface area contributed by atoms with Crippen LogP contribution in [0.4, 0.5) is 0 Å². The Hall–Kier alpha value is -2.82. The second kappa shape index (κ2) is 7.83. The lowest BCUT2D eigenvalue weighted by Crippen LogP contribution is -2.39. The number of esters is 1. The van der Waals surface area contributed by atoms with Gasteiger partial charge < -0.3 is 14.4 Å². The molecular formula is C20H21NO4. The number of likely N-dealkylation sites (tertiary alicyclic amines) is 1. The standard InChI is InChI=1S/C20H21NO4/c1-24-17-9-7-15(8-10-17)13-21-18(11-12-19(21)22)20(23)25-14-16-5-3-2-4-6-16/h2-10,18H,11-14H2,1H3/t18-/m0/s1. The minimum Gasteiger partial charge on any atom is -0.497 e. The molecule has 2 aromatic rings. The third-order valence-corrected chi connectivity index (χ3v) is 4.34. The normalized spacial score (nSPS) is 16.8. The zero-order valence-electron chi connectivity index (χ0n) is 14.2. The molecule has 2 aromatic carbocycles. The molecule has 1 aliphatic rings. The molecule has 1 amide bonds. The molecule has 1 saturated heterocycles. The molecule has 130 valence electrons. The Labute approximate surface area is 147 Å². The van der Waals surface area contributed by atoms with Gasteiger partial charge in [-0.05, 0) is 29.7 Å². The number of hydrogen-bond acceptors (Lipinski definition) is 4. The number of hydrogen-bond donors (Lipinski definition) is 0. The van der Waals surface area contributed by atoms with Crippen LogP contribution in [-0.2, 0) is 27.5 Å².